The molecule has 5 rings (SSSR count). The summed E-state index contributed by atoms with van der Waals surface area (Å²) < 4.78 is 15.5. The Labute approximate surface area is 166 Å². The van der Waals surface area contributed by atoms with Crippen LogP contribution in [0.3, 0.4) is 0 Å². The maximum absolute atomic E-state index is 13.8. The van der Waals surface area contributed by atoms with E-state index < -0.39 is 0 Å². The zero-order valence-corrected chi connectivity index (χ0v) is 16.2. The van der Waals surface area contributed by atoms with E-state index in [4.69, 9.17) is 16.6 Å². The molecule has 0 radical (unpaired) electrons. The second-order valence-electron chi connectivity index (χ2n) is 7.47. The molecule has 1 aliphatic rings. The summed E-state index contributed by atoms with van der Waals surface area (Å²) in [5, 5.41) is 10.2. The van der Waals surface area contributed by atoms with Gasteiger partial charge in [-0.2, -0.15) is 4.52 Å². The Hall–Kier alpha value is -2.73. The highest BCUT2D eigenvalue weighted by atomic mass is 35.5. The Bertz CT molecular complexity index is 1190. The highest BCUT2D eigenvalue weighted by Gasteiger charge is 2.23. The largest absolute Gasteiger partial charge is 0.356 e. The number of anilines is 1. The fourth-order valence-corrected chi connectivity index (χ4v) is 4.19. The van der Waals surface area contributed by atoms with Crippen molar-refractivity contribution in [3.63, 3.8) is 0 Å². The van der Waals surface area contributed by atoms with E-state index in [2.05, 4.69) is 22.1 Å². The average Bonchev–Trinajstić information content (AvgIpc) is 3.11. The lowest BCUT2D eigenvalue weighted by Gasteiger charge is -2.32. The molecule has 2 aromatic carbocycles. The summed E-state index contributed by atoms with van der Waals surface area (Å²) in [5.41, 5.74) is 2.74. The van der Waals surface area contributed by atoms with Crippen molar-refractivity contribution in [2.24, 2.45) is 5.92 Å². The Balaban J connectivity index is 1.79. The maximum atomic E-state index is 13.8. The summed E-state index contributed by atoms with van der Waals surface area (Å²) in [4.78, 5) is 7.27. The molecular weight excluding hydrogens is 377 g/mol. The van der Waals surface area contributed by atoms with Gasteiger partial charge in [0, 0.05) is 29.1 Å². The molecule has 5 nitrogen and oxygen atoms in total. The van der Waals surface area contributed by atoms with Crippen LogP contribution in [0.4, 0.5) is 10.2 Å². The number of aromatic nitrogens is 4. The molecule has 1 aliphatic heterocycles. The van der Waals surface area contributed by atoms with E-state index in [0.717, 1.165) is 36.2 Å². The fourth-order valence-electron chi connectivity index (χ4n) is 4.02. The third-order valence-corrected chi connectivity index (χ3v) is 5.58. The summed E-state index contributed by atoms with van der Waals surface area (Å²) in [5.74, 6) is 1.18. The molecule has 1 atom stereocenters. The van der Waals surface area contributed by atoms with Crippen molar-refractivity contribution in [3.05, 3.63) is 53.3 Å². The van der Waals surface area contributed by atoms with Crippen molar-refractivity contribution in [2.45, 2.75) is 19.8 Å². The van der Waals surface area contributed by atoms with Gasteiger partial charge in [0.25, 0.3) is 0 Å². The molecule has 3 heterocycles. The minimum absolute atomic E-state index is 0.309. The Morgan fingerprint density at radius 3 is 2.89 bits per heavy atom. The molecule has 0 N–H and O–H groups in total. The van der Waals surface area contributed by atoms with Crippen molar-refractivity contribution in [3.8, 4) is 11.3 Å². The second kappa shape index (κ2) is 6.71. The van der Waals surface area contributed by atoms with E-state index in [1.807, 2.05) is 24.3 Å². The Morgan fingerprint density at radius 2 is 2.07 bits per heavy atom. The summed E-state index contributed by atoms with van der Waals surface area (Å²) in [7, 11) is 0. The molecule has 1 fully saturated rings. The zero-order chi connectivity index (χ0) is 19.3. The first-order valence-electron chi connectivity index (χ1n) is 9.46. The van der Waals surface area contributed by atoms with Crippen molar-refractivity contribution >= 4 is 34.0 Å². The number of fused-ring (bicyclic) bond motifs is 3. The van der Waals surface area contributed by atoms with Crippen LogP contribution in [0.1, 0.15) is 19.8 Å². The van der Waals surface area contributed by atoms with Crippen LogP contribution in [0.15, 0.2) is 42.5 Å². The Morgan fingerprint density at radius 1 is 1.18 bits per heavy atom. The third kappa shape index (κ3) is 2.88. The molecule has 4 aromatic rings. The number of benzene rings is 2. The fraction of sp³-hybridized carbons (Fsp3) is 0.286. The predicted octanol–water partition coefficient (Wildman–Crippen LogP) is 4.97. The van der Waals surface area contributed by atoms with Gasteiger partial charge in [0.2, 0.25) is 0 Å². The molecule has 0 unspecified atom stereocenters. The topological polar surface area (TPSA) is 46.3 Å². The first-order chi connectivity index (χ1) is 13.6. The summed E-state index contributed by atoms with van der Waals surface area (Å²) in [6.07, 6.45) is 2.35. The van der Waals surface area contributed by atoms with Crippen LogP contribution in [-0.2, 0) is 0 Å². The molecule has 1 saturated heterocycles. The van der Waals surface area contributed by atoms with Crippen LogP contribution in [0.5, 0.6) is 0 Å². The van der Waals surface area contributed by atoms with Gasteiger partial charge in [-0.15, -0.1) is 5.10 Å². The second-order valence-corrected chi connectivity index (χ2v) is 7.91. The van der Waals surface area contributed by atoms with Gasteiger partial charge in [0.1, 0.15) is 17.3 Å². The number of halogens is 2. The van der Waals surface area contributed by atoms with E-state index in [1.165, 1.54) is 18.6 Å². The van der Waals surface area contributed by atoms with Crippen molar-refractivity contribution in [2.75, 3.05) is 18.0 Å². The number of hydrogen-bond donors (Lipinski definition) is 0. The number of piperidine rings is 1. The smallest absolute Gasteiger partial charge is 0.186 e. The Kier molecular flexibility index (Phi) is 4.16. The van der Waals surface area contributed by atoms with Crippen LogP contribution in [0, 0.1) is 11.7 Å². The average molecular weight is 396 g/mol. The molecule has 2 aromatic heterocycles. The quantitative estimate of drug-likeness (QED) is 0.480. The summed E-state index contributed by atoms with van der Waals surface area (Å²) >= 11 is 6.29. The molecule has 0 aliphatic carbocycles. The molecular formula is C21H19ClFN5. The minimum Gasteiger partial charge on any atom is -0.356 e. The van der Waals surface area contributed by atoms with Gasteiger partial charge in [-0.1, -0.05) is 35.9 Å². The van der Waals surface area contributed by atoms with Crippen molar-refractivity contribution in [1.29, 1.82) is 0 Å². The van der Waals surface area contributed by atoms with Crippen LogP contribution in [0.2, 0.25) is 5.02 Å². The molecule has 7 heteroatoms. The number of nitrogens with zero attached hydrogens (tertiary/aromatic N) is 5. The molecule has 0 amide bonds. The standard InChI is InChI=1S/C21H19ClFN5/c1-13-4-3-9-27(12-13)20-17-11-15(22)7-8-18(17)28-21(24-20)19(25-26-28)14-5-2-6-16(23)10-14/h2,5-8,10-11,13H,3-4,9,12H2,1H3/t13-/m0/s1. The van der Waals surface area contributed by atoms with Crippen LogP contribution >= 0.6 is 11.6 Å². The SMILES string of the molecule is C[C@H]1CCCN(c2nc3c(-c4cccc(F)c4)nnn3c3ccc(Cl)cc23)C1. The lowest BCUT2D eigenvalue weighted by atomic mass is 10.00. The van der Waals surface area contributed by atoms with Gasteiger partial charge >= 0.3 is 0 Å². The van der Waals surface area contributed by atoms with Gasteiger partial charge in [-0.25, -0.2) is 9.37 Å². The summed E-state index contributed by atoms with van der Waals surface area (Å²) in [6.45, 7) is 4.16. The monoisotopic (exact) mass is 395 g/mol. The molecule has 0 spiro atoms. The van der Waals surface area contributed by atoms with Gasteiger partial charge in [0.15, 0.2) is 5.65 Å². The third-order valence-electron chi connectivity index (χ3n) is 5.34. The number of rotatable bonds is 2. The van der Waals surface area contributed by atoms with E-state index >= 15 is 0 Å². The van der Waals surface area contributed by atoms with Crippen LogP contribution in [0.25, 0.3) is 27.8 Å². The first-order valence-corrected chi connectivity index (χ1v) is 9.83. The van der Waals surface area contributed by atoms with Gasteiger partial charge in [0.05, 0.1) is 5.52 Å². The first kappa shape index (κ1) is 17.4. The molecule has 142 valence electrons. The van der Waals surface area contributed by atoms with E-state index in [-0.39, 0.29) is 5.82 Å². The number of hydrogen-bond acceptors (Lipinski definition) is 4. The van der Waals surface area contributed by atoms with E-state index in [9.17, 15) is 4.39 Å². The summed E-state index contributed by atoms with van der Waals surface area (Å²) in [6, 6.07) is 12.1. The van der Waals surface area contributed by atoms with E-state index in [0.29, 0.717) is 27.8 Å². The van der Waals surface area contributed by atoms with Crippen molar-refractivity contribution < 1.29 is 4.39 Å². The normalized spacial score (nSPS) is 17.5. The van der Waals surface area contributed by atoms with Gasteiger partial charge in [-0.3, -0.25) is 0 Å². The maximum Gasteiger partial charge on any atom is 0.186 e. The van der Waals surface area contributed by atoms with Crippen molar-refractivity contribution in [1.82, 2.24) is 19.8 Å². The lowest BCUT2D eigenvalue weighted by molar-refractivity contribution is 0.445. The zero-order valence-electron chi connectivity index (χ0n) is 15.4. The van der Waals surface area contributed by atoms with E-state index in [1.54, 1.807) is 10.6 Å². The molecule has 0 bridgehead atoms. The van der Waals surface area contributed by atoms with Crippen LogP contribution in [-0.4, -0.2) is 32.9 Å². The highest BCUT2D eigenvalue weighted by Crippen LogP contribution is 2.33. The van der Waals surface area contributed by atoms with Crippen LogP contribution < -0.4 is 4.90 Å². The molecule has 0 saturated carbocycles. The van der Waals surface area contributed by atoms with Gasteiger partial charge in [-0.05, 0) is 49.1 Å². The minimum atomic E-state index is -0.309. The lowest BCUT2D eigenvalue weighted by Crippen LogP contribution is -2.35. The molecule has 28 heavy (non-hydrogen) atoms. The predicted molar refractivity (Wildman–Crippen MR) is 109 cm³/mol. The van der Waals surface area contributed by atoms with Gasteiger partial charge < -0.3 is 4.90 Å². The highest BCUT2D eigenvalue weighted by molar-refractivity contribution is 6.31.